The van der Waals surface area contributed by atoms with Gasteiger partial charge >= 0.3 is 0 Å². The second kappa shape index (κ2) is 8.31. The molecule has 1 amide bonds. The summed E-state index contributed by atoms with van der Waals surface area (Å²) in [6.45, 7) is 3.70. The van der Waals surface area contributed by atoms with E-state index >= 15 is 0 Å². The fourth-order valence-corrected chi connectivity index (χ4v) is 4.02. The summed E-state index contributed by atoms with van der Waals surface area (Å²) in [6.07, 6.45) is 0.535. The quantitative estimate of drug-likeness (QED) is 0.481. The maximum absolute atomic E-state index is 12.6. The third-order valence-electron chi connectivity index (χ3n) is 3.61. The lowest BCUT2D eigenvalue weighted by Crippen LogP contribution is -2.26. The normalized spacial score (nSPS) is 11.9. The highest BCUT2D eigenvalue weighted by atomic mass is 32.2. The summed E-state index contributed by atoms with van der Waals surface area (Å²) < 4.78 is 1.66. The van der Waals surface area contributed by atoms with Crippen LogP contribution in [-0.2, 0) is 4.79 Å². The number of thioether (sulfide) groups is 1. The molecule has 0 saturated carbocycles. The lowest BCUT2D eigenvalue weighted by molar-refractivity contribution is -0.115. The largest absolute Gasteiger partial charge is 0.385 e. The number of para-hydroxylation sites is 1. The van der Waals surface area contributed by atoms with Gasteiger partial charge in [0.25, 0.3) is 5.56 Å². The highest BCUT2D eigenvalue weighted by molar-refractivity contribution is 8.00. The molecule has 0 saturated heterocycles. The van der Waals surface area contributed by atoms with E-state index < -0.39 is 10.8 Å². The molecule has 2 heterocycles. The molecule has 0 fully saturated rings. The number of amides is 1. The lowest BCUT2D eigenvalue weighted by atomic mass is 10.3. The Morgan fingerprint density at radius 3 is 2.70 bits per heavy atom. The fourth-order valence-electron chi connectivity index (χ4n) is 2.38. The predicted octanol–water partition coefficient (Wildman–Crippen LogP) is 2.48. The Bertz CT molecular complexity index is 1000. The number of aromatic nitrogens is 4. The van der Waals surface area contributed by atoms with Gasteiger partial charge in [0.1, 0.15) is 10.8 Å². The molecule has 1 aromatic carbocycles. The van der Waals surface area contributed by atoms with Crippen molar-refractivity contribution < 1.29 is 4.79 Å². The van der Waals surface area contributed by atoms with Gasteiger partial charge in [0, 0.05) is 11.8 Å². The summed E-state index contributed by atoms with van der Waals surface area (Å²) >= 11 is 2.49. The van der Waals surface area contributed by atoms with Crippen LogP contribution in [0.3, 0.4) is 0 Å². The van der Waals surface area contributed by atoms with Crippen LogP contribution in [0.15, 0.2) is 46.3 Å². The topological polar surface area (TPSA) is 116 Å². The Morgan fingerprint density at radius 1 is 1.33 bits per heavy atom. The van der Waals surface area contributed by atoms with Gasteiger partial charge < -0.3 is 5.73 Å². The summed E-state index contributed by atoms with van der Waals surface area (Å²) in [4.78, 5) is 28.6. The molecule has 0 aliphatic carbocycles. The molecule has 27 heavy (non-hydrogen) atoms. The third kappa shape index (κ3) is 4.52. The van der Waals surface area contributed by atoms with E-state index in [4.69, 9.17) is 5.73 Å². The Balaban J connectivity index is 1.91. The van der Waals surface area contributed by atoms with Gasteiger partial charge in [0.05, 0.1) is 5.25 Å². The van der Waals surface area contributed by atoms with Crippen LogP contribution in [0.25, 0.3) is 5.69 Å². The minimum Gasteiger partial charge on any atom is -0.385 e. The van der Waals surface area contributed by atoms with E-state index in [1.165, 1.54) is 29.2 Å². The second-order valence-electron chi connectivity index (χ2n) is 5.60. The molecule has 3 rings (SSSR count). The standard InChI is InChI=1S/C17H18N6O2S2/c1-3-12(15(25)20-16-22-21-10(2)26-16)27-17-19-14(24)9-13(18)23(17)11-7-5-4-6-8-11/h4-9,12H,3,18H2,1-2H3,(H,20,22,25)/t12-/m0/s1. The monoisotopic (exact) mass is 402 g/mol. The number of anilines is 2. The van der Waals surface area contributed by atoms with Gasteiger partial charge in [0.15, 0.2) is 5.16 Å². The Morgan fingerprint density at radius 2 is 2.07 bits per heavy atom. The fraction of sp³-hybridized carbons (Fsp3) is 0.235. The van der Waals surface area contributed by atoms with Gasteiger partial charge in [-0.25, -0.2) is 0 Å². The van der Waals surface area contributed by atoms with E-state index in [1.54, 1.807) is 4.57 Å². The zero-order chi connectivity index (χ0) is 19.4. The lowest BCUT2D eigenvalue weighted by Gasteiger charge is -2.18. The van der Waals surface area contributed by atoms with Crippen LogP contribution in [0.5, 0.6) is 0 Å². The number of nitrogens with two attached hydrogens (primary N) is 1. The molecule has 140 valence electrons. The van der Waals surface area contributed by atoms with Crippen molar-refractivity contribution in [3.63, 3.8) is 0 Å². The number of nitrogens with one attached hydrogen (secondary N) is 1. The van der Waals surface area contributed by atoms with Gasteiger partial charge in [-0.2, -0.15) is 4.98 Å². The Kier molecular flexibility index (Phi) is 5.87. The highest BCUT2D eigenvalue weighted by Gasteiger charge is 2.23. The second-order valence-corrected chi connectivity index (χ2v) is 7.95. The highest BCUT2D eigenvalue weighted by Crippen LogP contribution is 2.28. The number of nitrogens with zero attached hydrogens (tertiary/aromatic N) is 4. The van der Waals surface area contributed by atoms with Crippen molar-refractivity contribution in [2.45, 2.75) is 30.7 Å². The number of aryl methyl sites for hydroxylation is 1. The zero-order valence-electron chi connectivity index (χ0n) is 14.7. The predicted molar refractivity (Wildman–Crippen MR) is 107 cm³/mol. The minimum atomic E-state index is -0.474. The van der Waals surface area contributed by atoms with E-state index in [0.29, 0.717) is 16.7 Å². The number of nitrogen functional groups attached to an aromatic ring is 1. The van der Waals surface area contributed by atoms with E-state index in [1.807, 2.05) is 44.2 Å². The summed E-state index contributed by atoms with van der Waals surface area (Å²) in [5.41, 5.74) is 6.38. The van der Waals surface area contributed by atoms with Crippen LogP contribution in [0.4, 0.5) is 10.9 Å². The average molecular weight is 403 g/mol. The summed E-state index contributed by atoms with van der Waals surface area (Å²) in [5, 5.41) is 11.7. The average Bonchev–Trinajstić information content (AvgIpc) is 3.04. The number of carbonyl (C=O) groups excluding carboxylic acids is 1. The number of rotatable bonds is 6. The first-order valence-electron chi connectivity index (χ1n) is 8.20. The van der Waals surface area contributed by atoms with Crippen LogP contribution < -0.4 is 16.6 Å². The number of carbonyl (C=O) groups is 1. The molecule has 3 aromatic rings. The molecule has 3 N–H and O–H groups in total. The summed E-state index contributed by atoms with van der Waals surface area (Å²) in [6, 6.07) is 10.6. The van der Waals surface area contributed by atoms with Crippen LogP contribution in [0, 0.1) is 6.92 Å². The summed E-state index contributed by atoms with van der Waals surface area (Å²) in [5.74, 6) is 0.0358. The van der Waals surface area contributed by atoms with E-state index in [-0.39, 0.29) is 11.7 Å². The molecular formula is C17H18N6O2S2. The molecule has 1 atom stereocenters. The Labute approximate surface area is 163 Å². The molecular weight excluding hydrogens is 384 g/mol. The van der Waals surface area contributed by atoms with Gasteiger partial charge in [-0.15, -0.1) is 10.2 Å². The third-order valence-corrected chi connectivity index (χ3v) is 5.68. The van der Waals surface area contributed by atoms with Crippen molar-refractivity contribution in [1.82, 2.24) is 19.7 Å². The molecule has 0 aliphatic heterocycles. The van der Waals surface area contributed by atoms with Gasteiger partial charge in [-0.1, -0.05) is 48.2 Å². The van der Waals surface area contributed by atoms with Gasteiger partial charge in [-0.05, 0) is 25.5 Å². The van der Waals surface area contributed by atoms with Gasteiger partial charge in [-0.3, -0.25) is 19.5 Å². The molecule has 0 aliphatic rings. The Hall–Kier alpha value is -2.72. The van der Waals surface area contributed by atoms with Gasteiger partial charge in [0.2, 0.25) is 11.0 Å². The van der Waals surface area contributed by atoms with Crippen molar-refractivity contribution in [3.05, 3.63) is 51.8 Å². The molecule has 8 nitrogen and oxygen atoms in total. The van der Waals surface area contributed by atoms with E-state index in [9.17, 15) is 9.59 Å². The molecule has 0 unspecified atom stereocenters. The minimum absolute atomic E-state index is 0.227. The van der Waals surface area contributed by atoms with Crippen molar-refractivity contribution in [2.24, 2.45) is 0 Å². The first-order valence-corrected chi connectivity index (χ1v) is 9.90. The van der Waals surface area contributed by atoms with Crippen LogP contribution >= 0.6 is 23.1 Å². The molecule has 2 aromatic heterocycles. The number of hydrogen-bond donors (Lipinski definition) is 2. The molecule has 0 radical (unpaired) electrons. The molecule has 0 bridgehead atoms. The van der Waals surface area contributed by atoms with Crippen molar-refractivity contribution >= 4 is 40.0 Å². The van der Waals surface area contributed by atoms with Crippen molar-refractivity contribution in [2.75, 3.05) is 11.1 Å². The first-order chi connectivity index (χ1) is 13.0. The number of hydrogen-bond acceptors (Lipinski definition) is 8. The maximum Gasteiger partial charge on any atom is 0.275 e. The smallest absolute Gasteiger partial charge is 0.275 e. The molecule has 0 spiro atoms. The SMILES string of the molecule is CC[C@H](Sc1nc(=O)cc(N)n1-c1ccccc1)C(=O)Nc1nnc(C)s1. The van der Waals surface area contributed by atoms with E-state index in [0.717, 1.165) is 10.7 Å². The number of benzene rings is 1. The van der Waals surface area contributed by atoms with Crippen LogP contribution in [-0.4, -0.2) is 30.9 Å². The van der Waals surface area contributed by atoms with Crippen molar-refractivity contribution in [3.8, 4) is 5.69 Å². The van der Waals surface area contributed by atoms with E-state index in [2.05, 4.69) is 20.5 Å². The van der Waals surface area contributed by atoms with Crippen LogP contribution in [0.2, 0.25) is 0 Å². The maximum atomic E-state index is 12.6. The first kappa shape index (κ1) is 19.1. The zero-order valence-corrected chi connectivity index (χ0v) is 16.4. The van der Waals surface area contributed by atoms with Crippen molar-refractivity contribution in [1.29, 1.82) is 0 Å². The van der Waals surface area contributed by atoms with Crippen LogP contribution in [0.1, 0.15) is 18.4 Å². The summed E-state index contributed by atoms with van der Waals surface area (Å²) in [7, 11) is 0. The molecule has 10 heteroatoms.